The Kier molecular flexibility index (Phi) is 4.37. The van der Waals surface area contributed by atoms with E-state index in [0.717, 1.165) is 24.8 Å². The van der Waals surface area contributed by atoms with E-state index < -0.39 is 0 Å². The summed E-state index contributed by atoms with van der Waals surface area (Å²) in [5, 5.41) is 0. The van der Waals surface area contributed by atoms with Gasteiger partial charge in [0.05, 0.1) is 5.56 Å². The first-order valence-electron chi connectivity index (χ1n) is 6.70. The van der Waals surface area contributed by atoms with Gasteiger partial charge in [-0.3, -0.25) is 0 Å². The Balaban J connectivity index is 1.97. The van der Waals surface area contributed by atoms with Gasteiger partial charge in [0.25, 0.3) is 0 Å². The van der Waals surface area contributed by atoms with Crippen LogP contribution in [0.2, 0.25) is 0 Å². The molecule has 0 aromatic heterocycles. The van der Waals surface area contributed by atoms with Crippen LogP contribution in [-0.2, 0) is 11.3 Å². The van der Waals surface area contributed by atoms with E-state index in [0.29, 0.717) is 18.0 Å². The first kappa shape index (κ1) is 13.1. The molecule has 1 aromatic rings. The second-order valence-corrected chi connectivity index (χ2v) is 5.11. The molecule has 1 aromatic carbocycles. The van der Waals surface area contributed by atoms with E-state index in [1.54, 1.807) is 12.1 Å². The molecule has 1 fully saturated rings. The highest BCUT2D eigenvalue weighted by atomic mass is 16.5. The Morgan fingerprint density at radius 1 is 1.28 bits per heavy atom. The lowest BCUT2D eigenvalue weighted by Crippen LogP contribution is -2.28. The fourth-order valence-electron chi connectivity index (χ4n) is 2.44. The van der Waals surface area contributed by atoms with Crippen LogP contribution in [0.15, 0.2) is 24.3 Å². The Morgan fingerprint density at radius 3 is 2.56 bits per heavy atom. The average Bonchev–Trinajstić information content (AvgIpc) is 2.41. The zero-order valence-corrected chi connectivity index (χ0v) is 10.9. The van der Waals surface area contributed by atoms with Crippen molar-refractivity contribution in [3.8, 4) is 0 Å². The van der Waals surface area contributed by atoms with Gasteiger partial charge in [0.15, 0.2) is 0 Å². The molecule has 18 heavy (non-hydrogen) atoms. The number of esters is 1. The van der Waals surface area contributed by atoms with Crippen LogP contribution < -0.4 is 5.73 Å². The monoisotopic (exact) mass is 247 g/mol. The smallest absolute Gasteiger partial charge is 0.338 e. The topological polar surface area (TPSA) is 52.3 Å². The lowest BCUT2D eigenvalue weighted by atomic mass is 9.88. The van der Waals surface area contributed by atoms with Crippen LogP contribution in [0.25, 0.3) is 0 Å². The van der Waals surface area contributed by atoms with Gasteiger partial charge in [-0.15, -0.1) is 0 Å². The third-order valence-electron chi connectivity index (χ3n) is 3.72. The van der Waals surface area contributed by atoms with Crippen molar-refractivity contribution in [2.75, 3.05) is 0 Å². The van der Waals surface area contributed by atoms with Crippen LogP contribution in [0.1, 0.15) is 48.5 Å². The average molecular weight is 247 g/mol. The summed E-state index contributed by atoms with van der Waals surface area (Å²) in [6, 6.07) is 7.33. The molecule has 2 rings (SSSR count). The molecule has 0 aliphatic heterocycles. The van der Waals surface area contributed by atoms with Crippen molar-refractivity contribution in [1.82, 2.24) is 0 Å². The number of rotatable bonds is 3. The SMILES string of the molecule is CC1CCCCC1OC(=O)c1ccc(CN)cc1. The maximum Gasteiger partial charge on any atom is 0.338 e. The molecule has 3 nitrogen and oxygen atoms in total. The van der Waals surface area contributed by atoms with Gasteiger partial charge in [0.1, 0.15) is 6.10 Å². The van der Waals surface area contributed by atoms with Crippen molar-refractivity contribution in [1.29, 1.82) is 0 Å². The van der Waals surface area contributed by atoms with Crippen molar-refractivity contribution in [2.45, 2.75) is 45.3 Å². The van der Waals surface area contributed by atoms with E-state index >= 15 is 0 Å². The van der Waals surface area contributed by atoms with Crippen LogP contribution in [0, 0.1) is 5.92 Å². The summed E-state index contributed by atoms with van der Waals surface area (Å²) in [7, 11) is 0. The second-order valence-electron chi connectivity index (χ2n) is 5.11. The van der Waals surface area contributed by atoms with Crippen LogP contribution in [0.3, 0.4) is 0 Å². The molecule has 2 unspecified atom stereocenters. The molecule has 0 saturated heterocycles. The highest BCUT2D eigenvalue weighted by Crippen LogP contribution is 2.27. The molecule has 1 aliphatic carbocycles. The van der Waals surface area contributed by atoms with Crippen molar-refractivity contribution in [3.63, 3.8) is 0 Å². The molecule has 2 atom stereocenters. The summed E-state index contributed by atoms with van der Waals surface area (Å²) >= 11 is 0. The minimum absolute atomic E-state index is 0.0837. The minimum Gasteiger partial charge on any atom is -0.459 e. The largest absolute Gasteiger partial charge is 0.459 e. The lowest BCUT2D eigenvalue weighted by Gasteiger charge is -2.28. The van der Waals surface area contributed by atoms with E-state index in [1.165, 1.54) is 6.42 Å². The van der Waals surface area contributed by atoms with E-state index in [1.807, 2.05) is 12.1 Å². The third kappa shape index (κ3) is 3.10. The molecule has 98 valence electrons. The molecule has 0 bridgehead atoms. The first-order valence-corrected chi connectivity index (χ1v) is 6.70. The van der Waals surface area contributed by atoms with Gasteiger partial charge < -0.3 is 10.5 Å². The number of nitrogens with two attached hydrogens (primary N) is 1. The Bertz CT molecular complexity index is 399. The van der Waals surface area contributed by atoms with Gasteiger partial charge in [-0.1, -0.05) is 25.5 Å². The highest BCUT2D eigenvalue weighted by Gasteiger charge is 2.25. The van der Waals surface area contributed by atoms with Gasteiger partial charge in [0, 0.05) is 6.54 Å². The van der Waals surface area contributed by atoms with Gasteiger partial charge in [-0.25, -0.2) is 4.79 Å². The zero-order chi connectivity index (χ0) is 13.0. The predicted molar refractivity (Wildman–Crippen MR) is 71.2 cm³/mol. The van der Waals surface area contributed by atoms with Crippen LogP contribution in [0.5, 0.6) is 0 Å². The van der Waals surface area contributed by atoms with E-state index in [4.69, 9.17) is 10.5 Å². The third-order valence-corrected chi connectivity index (χ3v) is 3.72. The number of benzene rings is 1. The maximum absolute atomic E-state index is 12.0. The standard InChI is InChI=1S/C15H21NO2/c1-11-4-2-3-5-14(11)18-15(17)13-8-6-12(10-16)7-9-13/h6-9,11,14H,2-5,10,16H2,1H3. The molecule has 1 aliphatic rings. The molecular weight excluding hydrogens is 226 g/mol. The Hall–Kier alpha value is -1.35. The molecule has 1 saturated carbocycles. The number of carbonyl (C=O) groups excluding carboxylic acids is 1. The molecule has 0 amide bonds. The quantitative estimate of drug-likeness (QED) is 0.836. The minimum atomic E-state index is -0.211. The summed E-state index contributed by atoms with van der Waals surface area (Å²) < 4.78 is 5.59. The molecule has 0 radical (unpaired) electrons. The summed E-state index contributed by atoms with van der Waals surface area (Å²) in [4.78, 5) is 12.0. The van der Waals surface area contributed by atoms with Crippen LogP contribution >= 0.6 is 0 Å². The molecular formula is C15H21NO2. The van der Waals surface area contributed by atoms with Crippen molar-refractivity contribution >= 4 is 5.97 Å². The zero-order valence-electron chi connectivity index (χ0n) is 10.9. The van der Waals surface area contributed by atoms with E-state index in [9.17, 15) is 4.79 Å². The number of hydrogen-bond donors (Lipinski definition) is 1. The van der Waals surface area contributed by atoms with Gasteiger partial charge >= 0.3 is 5.97 Å². The number of carbonyl (C=O) groups is 1. The van der Waals surface area contributed by atoms with Crippen LogP contribution in [-0.4, -0.2) is 12.1 Å². The van der Waals surface area contributed by atoms with Crippen molar-refractivity contribution in [3.05, 3.63) is 35.4 Å². The maximum atomic E-state index is 12.0. The van der Waals surface area contributed by atoms with E-state index in [2.05, 4.69) is 6.92 Å². The van der Waals surface area contributed by atoms with Gasteiger partial charge in [0.2, 0.25) is 0 Å². The van der Waals surface area contributed by atoms with Crippen LogP contribution in [0.4, 0.5) is 0 Å². The second kappa shape index (κ2) is 6.01. The molecule has 0 heterocycles. The van der Waals surface area contributed by atoms with E-state index in [-0.39, 0.29) is 12.1 Å². The fraction of sp³-hybridized carbons (Fsp3) is 0.533. The number of hydrogen-bond acceptors (Lipinski definition) is 3. The van der Waals surface area contributed by atoms with Gasteiger partial charge in [-0.05, 0) is 42.9 Å². The number of ether oxygens (including phenoxy) is 1. The normalized spacial score (nSPS) is 23.7. The highest BCUT2D eigenvalue weighted by molar-refractivity contribution is 5.89. The Morgan fingerprint density at radius 2 is 1.94 bits per heavy atom. The lowest BCUT2D eigenvalue weighted by molar-refractivity contribution is 0.00481. The van der Waals surface area contributed by atoms with Crippen molar-refractivity contribution < 1.29 is 9.53 Å². The van der Waals surface area contributed by atoms with Crippen molar-refractivity contribution in [2.24, 2.45) is 11.7 Å². The molecule has 3 heteroatoms. The molecule has 0 spiro atoms. The molecule has 2 N–H and O–H groups in total. The Labute approximate surface area is 108 Å². The first-order chi connectivity index (χ1) is 8.70. The fourth-order valence-corrected chi connectivity index (χ4v) is 2.44. The predicted octanol–water partition coefficient (Wildman–Crippen LogP) is 2.88. The van der Waals surface area contributed by atoms with Gasteiger partial charge in [-0.2, -0.15) is 0 Å². The summed E-state index contributed by atoms with van der Waals surface area (Å²) in [6.07, 6.45) is 4.65. The summed E-state index contributed by atoms with van der Waals surface area (Å²) in [6.45, 7) is 2.66. The summed E-state index contributed by atoms with van der Waals surface area (Å²) in [5.41, 5.74) is 7.17. The summed E-state index contributed by atoms with van der Waals surface area (Å²) in [5.74, 6) is 0.267.